The van der Waals surface area contributed by atoms with Crippen molar-refractivity contribution in [3.63, 3.8) is 0 Å². The van der Waals surface area contributed by atoms with Crippen molar-refractivity contribution in [2.75, 3.05) is 11.9 Å². The molecule has 38 heavy (non-hydrogen) atoms. The minimum atomic E-state index is -0.448. The summed E-state index contributed by atoms with van der Waals surface area (Å²) in [6, 6.07) is 16.7. The summed E-state index contributed by atoms with van der Waals surface area (Å²) in [6.45, 7) is 2.47. The molecule has 6 nitrogen and oxygen atoms in total. The highest BCUT2D eigenvalue weighted by atomic mass is 19.1. The van der Waals surface area contributed by atoms with Gasteiger partial charge in [-0.15, -0.1) is 0 Å². The summed E-state index contributed by atoms with van der Waals surface area (Å²) in [4.78, 5) is 34.2. The molecule has 1 aromatic heterocycles. The minimum Gasteiger partial charge on any atom is -0.466 e. The summed E-state index contributed by atoms with van der Waals surface area (Å²) in [5.41, 5.74) is 3.54. The molecule has 4 rings (SSSR count). The van der Waals surface area contributed by atoms with E-state index in [4.69, 9.17) is 14.7 Å². The van der Waals surface area contributed by atoms with E-state index in [0.717, 1.165) is 12.8 Å². The predicted molar refractivity (Wildman–Crippen MR) is 143 cm³/mol. The van der Waals surface area contributed by atoms with Gasteiger partial charge in [0.2, 0.25) is 0 Å². The molecule has 0 radical (unpaired) electrons. The van der Waals surface area contributed by atoms with Crippen LogP contribution in [0.25, 0.3) is 22.3 Å². The number of anilines is 1. The summed E-state index contributed by atoms with van der Waals surface area (Å²) in [7, 11) is 0. The number of hydrogen-bond donors (Lipinski definition) is 1. The number of rotatable bonds is 11. The Morgan fingerprint density at radius 1 is 0.868 bits per heavy atom. The van der Waals surface area contributed by atoms with Crippen LogP contribution in [-0.2, 0) is 16.0 Å². The van der Waals surface area contributed by atoms with Crippen molar-refractivity contribution in [1.82, 2.24) is 9.97 Å². The molecule has 196 valence electrons. The first kappa shape index (κ1) is 26.9. The van der Waals surface area contributed by atoms with Gasteiger partial charge in [-0.3, -0.25) is 9.59 Å². The van der Waals surface area contributed by atoms with Crippen LogP contribution in [0.2, 0.25) is 0 Å². The van der Waals surface area contributed by atoms with Crippen molar-refractivity contribution < 1.29 is 23.1 Å². The van der Waals surface area contributed by atoms with Crippen molar-refractivity contribution in [2.45, 2.75) is 45.4 Å². The molecular weight excluding hydrogens is 488 g/mol. The van der Waals surface area contributed by atoms with Crippen LogP contribution >= 0.6 is 0 Å². The Bertz CT molecular complexity index is 1440. The van der Waals surface area contributed by atoms with Gasteiger partial charge in [0.25, 0.3) is 5.91 Å². The zero-order chi connectivity index (χ0) is 26.9. The van der Waals surface area contributed by atoms with Gasteiger partial charge in [0, 0.05) is 23.2 Å². The van der Waals surface area contributed by atoms with Crippen LogP contribution in [0.5, 0.6) is 0 Å². The average molecular weight is 518 g/mol. The monoisotopic (exact) mass is 517 g/mol. The van der Waals surface area contributed by atoms with Crippen molar-refractivity contribution in [3.05, 3.63) is 89.6 Å². The molecular formula is C30H29F2N3O3. The molecule has 0 aliphatic carbocycles. The molecule has 3 aromatic carbocycles. The third-order valence-corrected chi connectivity index (χ3v) is 5.98. The summed E-state index contributed by atoms with van der Waals surface area (Å²) >= 11 is 0. The second-order valence-electron chi connectivity index (χ2n) is 8.98. The van der Waals surface area contributed by atoms with E-state index in [9.17, 15) is 18.4 Å². The topological polar surface area (TPSA) is 81.2 Å². The van der Waals surface area contributed by atoms with Gasteiger partial charge >= 0.3 is 5.97 Å². The smallest absolute Gasteiger partial charge is 0.305 e. The van der Waals surface area contributed by atoms with Gasteiger partial charge in [-0.1, -0.05) is 31.5 Å². The molecule has 0 saturated heterocycles. The predicted octanol–water partition coefficient (Wildman–Crippen LogP) is 6.88. The zero-order valence-electron chi connectivity index (χ0n) is 21.2. The third-order valence-electron chi connectivity index (χ3n) is 5.98. The molecule has 4 aromatic rings. The Kier molecular flexibility index (Phi) is 9.08. The van der Waals surface area contributed by atoms with Gasteiger partial charge < -0.3 is 10.1 Å². The maximum atomic E-state index is 14.0. The first-order valence-corrected chi connectivity index (χ1v) is 12.7. The molecule has 0 spiro atoms. The van der Waals surface area contributed by atoms with Crippen LogP contribution < -0.4 is 5.32 Å². The molecule has 1 N–H and O–H groups in total. The number of halogens is 2. The van der Waals surface area contributed by atoms with E-state index in [1.165, 1.54) is 30.3 Å². The van der Waals surface area contributed by atoms with Crippen molar-refractivity contribution in [3.8, 4) is 11.3 Å². The molecule has 0 aliphatic rings. The lowest BCUT2D eigenvalue weighted by atomic mass is 10.0. The van der Waals surface area contributed by atoms with Gasteiger partial charge in [-0.2, -0.15) is 0 Å². The van der Waals surface area contributed by atoms with Gasteiger partial charge in [-0.25, -0.2) is 18.7 Å². The fraction of sp³-hybridized carbons (Fsp3) is 0.267. The number of nitrogens with one attached hydrogen (secondary N) is 1. The van der Waals surface area contributed by atoms with E-state index in [-0.39, 0.29) is 11.8 Å². The Morgan fingerprint density at radius 2 is 1.66 bits per heavy atom. The van der Waals surface area contributed by atoms with Gasteiger partial charge in [0.15, 0.2) is 0 Å². The number of carbonyl (C=O) groups excluding carboxylic acids is 2. The van der Waals surface area contributed by atoms with E-state index in [2.05, 4.69) is 5.32 Å². The van der Waals surface area contributed by atoms with Crippen molar-refractivity contribution in [1.29, 1.82) is 0 Å². The Labute approximate surface area is 220 Å². The van der Waals surface area contributed by atoms with E-state index >= 15 is 0 Å². The molecule has 0 aliphatic heterocycles. The number of aryl methyl sites for hydroxylation is 1. The van der Waals surface area contributed by atoms with Crippen LogP contribution in [-0.4, -0.2) is 28.5 Å². The largest absolute Gasteiger partial charge is 0.466 e. The van der Waals surface area contributed by atoms with Crippen molar-refractivity contribution in [2.24, 2.45) is 0 Å². The summed E-state index contributed by atoms with van der Waals surface area (Å²) in [5, 5.41) is 2.68. The maximum absolute atomic E-state index is 14.0. The molecule has 0 atom stereocenters. The van der Waals surface area contributed by atoms with Crippen LogP contribution in [0.3, 0.4) is 0 Å². The fourth-order valence-corrected chi connectivity index (χ4v) is 4.01. The minimum absolute atomic E-state index is 0.220. The van der Waals surface area contributed by atoms with Crippen molar-refractivity contribution >= 4 is 28.6 Å². The molecule has 0 saturated carbocycles. The van der Waals surface area contributed by atoms with E-state index in [1.54, 1.807) is 36.4 Å². The number of nitrogens with zero attached hydrogens (tertiary/aromatic N) is 2. The Hall–Kier alpha value is -4.20. The quantitative estimate of drug-likeness (QED) is 0.173. The molecule has 1 heterocycles. The van der Waals surface area contributed by atoms with Gasteiger partial charge in [0.05, 0.1) is 29.0 Å². The number of unbranched alkanes of at least 4 members (excludes halogenated alkanes) is 2. The lowest BCUT2D eigenvalue weighted by Crippen LogP contribution is -2.12. The van der Waals surface area contributed by atoms with Crippen LogP contribution in [0, 0.1) is 11.6 Å². The molecule has 1 amide bonds. The zero-order valence-corrected chi connectivity index (χ0v) is 21.2. The normalized spacial score (nSPS) is 10.9. The van der Waals surface area contributed by atoms with Crippen LogP contribution in [0.15, 0.2) is 66.7 Å². The summed E-state index contributed by atoms with van der Waals surface area (Å²) in [5.74, 6) is -1.45. The van der Waals surface area contributed by atoms with Crippen LogP contribution in [0.1, 0.15) is 55.1 Å². The number of carbonyl (C=O) groups is 2. The maximum Gasteiger partial charge on any atom is 0.305 e. The standard InChI is InChI=1S/C30H29F2N3O3/c1-2-3-16-38-28(36)13-5-4-12-26-29(20-8-6-9-22(31)17-20)35-25-15-14-21(18-27(25)34-26)30(37)33-24-11-7-10-23(32)19-24/h6-11,14-15,17-19H,2-5,12-13,16H2,1H3,(H,33,37). The summed E-state index contributed by atoms with van der Waals surface area (Å²) in [6.07, 6.45) is 3.90. The molecule has 8 heteroatoms. The molecule has 0 fully saturated rings. The van der Waals surface area contributed by atoms with Gasteiger partial charge in [0.1, 0.15) is 11.6 Å². The Morgan fingerprint density at radius 3 is 2.42 bits per heavy atom. The highest BCUT2D eigenvalue weighted by Crippen LogP contribution is 2.26. The second-order valence-corrected chi connectivity index (χ2v) is 8.98. The Balaban J connectivity index is 1.56. The van der Waals surface area contributed by atoms with Gasteiger partial charge in [-0.05, 0) is 74.2 Å². The number of hydrogen-bond acceptors (Lipinski definition) is 5. The second kappa shape index (κ2) is 12.9. The number of amides is 1. The SMILES string of the molecule is CCCCOC(=O)CCCCc1nc2cc(C(=O)Nc3cccc(F)c3)ccc2nc1-c1cccc(F)c1. The summed E-state index contributed by atoms with van der Waals surface area (Å²) < 4.78 is 32.7. The number of fused-ring (bicyclic) bond motifs is 1. The number of benzene rings is 3. The lowest BCUT2D eigenvalue weighted by molar-refractivity contribution is -0.143. The first-order valence-electron chi connectivity index (χ1n) is 12.7. The van der Waals surface area contributed by atoms with E-state index in [1.807, 2.05) is 6.92 Å². The average Bonchev–Trinajstić information content (AvgIpc) is 2.90. The fourth-order valence-electron chi connectivity index (χ4n) is 4.01. The van der Waals surface area contributed by atoms with E-state index in [0.29, 0.717) is 71.5 Å². The van der Waals surface area contributed by atoms with E-state index < -0.39 is 11.7 Å². The highest BCUT2D eigenvalue weighted by molar-refractivity contribution is 6.06. The number of aromatic nitrogens is 2. The lowest BCUT2D eigenvalue weighted by Gasteiger charge is -2.12. The first-order chi connectivity index (χ1) is 18.4. The highest BCUT2D eigenvalue weighted by Gasteiger charge is 2.15. The number of esters is 1. The molecule has 0 bridgehead atoms. The third kappa shape index (κ3) is 7.18. The van der Waals surface area contributed by atoms with Crippen LogP contribution in [0.4, 0.5) is 14.5 Å². The molecule has 0 unspecified atom stereocenters. The number of ether oxygens (including phenoxy) is 1.